The third kappa shape index (κ3) is 6.92. The highest BCUT2D eigenvalue weighted by Gasteiger charge is 2.25. The zero-order valence-electron chi connectivity index (χ0n) is 18.2. The molecule has 2 aromatic rings. The van der Waals surface area contributed by atoms with Gasteiger partial charge in [-0.3, -0.25) is 0 Å². The molecule has 1 fully saturated rings. The first-order chi connectivity index (χ1) is 14.9. The Morgan fingerprint density at radius 3 is 2.65 bits per heavy atom. The van der Waals surface area contributed by atoms with Gasteiger partial charge in [0.05, 0.1) is 6.10 Å². The Kier molecular flexibility index (Phi) is 8.23. The Balaban J connectivity index is 1.71. The first-order valence-electron chi connectivity index (χ1n) is 10.9. The van der Waals surface area contributed by atoms with Crippen LogP contribution in [-0.2, 0) is 13.1 Å². The number of carbonyl (C=O) groups excluding carboxylic acids is 1. The lowest BCUT2D eigenvalue weighted by Gasteiger charge is -2.31. The molecule has 0 saturated carbocycles. The van der Waals surface area contributed by atoms with Crippen molar-refractivity contribution in [3.05, 3.63) is 65.2 Å². The van der Waals surface area contributed by atoms with Gasteiger partial charge in [-0.15, -0.1) is 0 Å². The summed E-state index contributed by atoms with van der Waals surface area (Å²) in [6.07, 6.45) is 2.84. The van der Waals surface area contributed by atoms with E-state index in [1.807, 2.05) is 43.0 Å². The quantitative estimate of drug-likeness (QED) is 0.673. The van der Waals surface area contributed by atoms with Crippen LogP contribution in [0.5, 0.6) is 5.75 Å². The first kappa shape index (κ1) is 23.0. The van der Waals surface area contributed by atoms with Crippen LogP contribution in [0.2, 0.25) is 0 Å². The monoisotopic (exact) mass is 431 g/mol. The molecule has 0 unspecified atom stereocenters. The van der Waals surface area contributed by atoms with Crippen molar-refractivity contribution in [3.8, 4) is 5.75 Å². The molecule has 31 heavy (non-hydrogen) atoms. The molecule has 0 radical (unpaired) electrons. The molecule has 3 rings (SSSR count). The van der Waals surface area contributed by atoms with Crippen LogP contribution in [0.25, 0.3) is 0 Å². The summed E-state index contributed by atoms with van der Waals surface area (Å²) in [7, 11) is 0. The standard InChI is InChI=1S/C24H31F2N3O2/c1-17(2)31-22-9-5-18(6-10-22)16-29(21-4-3-12-27-13-11-21)24(30)28-15-19-7-8-20(25)14-23(19)26/h5-10,14,17,21,27H,3-4,11-13,15-16H2,1-2H3,(H,28,30)/t21-/m0/s1. The van der Waals surface area contributed by atoms with Crippen molar-refractivity contribution in [1.29, 1.82) is 0 Å². The van der Waals surface area contributed by atoms with Gasteiger partial charge in [-0.2, -0.15) is 0 Å². The van der Waals surface area contributed by atoms with Crippen LogP contribution in [0, 0.1) is 11.6 Å². The number of nitrogens with zero attached hydrogens (tertiary/aromatic N) is 1. The van der Waals surface area contributed by atoms with Gasteiger partial charge in [0.25, 0.3) is 0 Å². The van der Waals surface area contributed by atoms with E-state index < -0.39 is 11.6 Å². The average molecular weight is 432 g/mol. The summed E-state index contributed by atoms with van der Waals surface area (Å²) in [5.41, 5.74) is 1.25. The Morgan fingerprint density at radius 2 is 1.94 bits per heavy atom. The molecule has 7 heteroatoms. The van der Waals surface area contributed by atoms with E-state index in [0.29, 0.717) is 6.54 Å². The lowest BCUT2D eigenvalue weighted by molar-refractivity contribution is 0.163. The molecule has 0 aliphatic carbocycles. The zero-order chi connectivity index (χ0) is 22.2. The SMILES string of the molecule is CC(C)Oc1ccc(CN(C(=O)NCc2ccc(F)cc2F)[C@H]2CCCNCC2)cc1. The second-order valence-corrected chi connectivity index (χ2v) is 8.17. The number of nitrogens with one attached hydrogen (secondary N) is 2. The van der Waals surface area contributed by atoms with Gasteiger partial charge in [0.1, 0.15) is 17.4 Å². The van der Waals surface area contributed by atoms with Gasteiger partial charge in [0.2, 0.25) is 0 Å². The second kappa shape index (κ2) is 11.1. The van der Waals surface area contributed by atoms with Crippen LogP contribution in [-0.4, -0.2) is 36.2 Å². The van der Waals surface area contributed by atoms with Crippen molar-refractivity contribution in [2.75, 3.05) is 13.1 Å². The molecule has 0 bridgehead atoms. The molecule has 1 aliphatic rings. The molecule has 2 N–H and O–H groups in total. The lowest BCUT2D eigenvalue weighted by Crippen LogP contribution is -2.45. The number of amides is 2. The fourth-order valence-electron chi connectivity index (χ4n) is 3.76. The van der Waals surface area contributed by atoms with Gasteiger partial charge >= 0.3 is 6.03 Å². The highest BCUT2D eigenvalue weighted by molar-refractivity contribution is 5.74. The van der Waals surface area contributed by atoms with Gasteiger partial charge in [-0.1, -0.05) is 18.2 Å². The number of carbonyl (C=O) groups is 1. The van der Waals surface area contributed by atoms with E-state index in [4.69, 9.17) is 4.74 Å². The minimum absolute atomic E-state index is 0.00752. The number of ether oxygens (including phenoxy) is 1. The van der Waals surface area contributed by atoms with E-state index in [2.05, 4.69) is 10.6 Å². The molecule has 2 aromatic carbocycles. The van der Waals surface area contributed by atoms with Crippen molar-refractivity contribution in [2.24, 2.45) is 0 Å². The number of halogens is 2. The molecule has 168 valence electrons. The van der Waals surface area contributed by atoms with Gasteiger partial charge in [-0.25, -0.2) is 13.6 Å². The van der Waals surface area contributed by atoms with Crippen molar-refractivity contribution in [1.82, 2.24) is 15.5 Å². The summed E-state index contributed by atoms with van der Waals surface area (Å²) < 4.78 is 32.8. The van der Waals surface area contributed by atoms with E-state index in [-0.39, 0.29) is 30.3 Å². The van der Waals surface area contributed by atoms with Gasteiger partial charge in [0.15, 0.2) is 0 Å². The van der Waals surface area contributed by atoms with Crippen LogP contribution in [0.4, 0.5) is 13.6 Å². The minimum Gasteiger partial charge on any atom is -0.491 e. The van der Waals surface area contributed by atoms with E-state index in [0.717, 1.165) is 49.7 Å². The molecule has 5 nitrogen and oxygen atoms in total. The molecule has 0 aromatic heterocycles. The highest BCUT2D eigenvalue weighted by Crippen LogP contribution is 2.20. The van der Waals surface area contributed by atoms with Crippen LogP contribution in [0.1, 0.15) is 44.2 Å². The maximum atomic E-state index is 14.0. The minimum atomic E-state index is -0.661. The fraction of sp³-hybridized carbons (Fsp3) is 0.458. The number of benzene rings is 2. The smallest absolute Gasteiger partial charge is 0.318 e. The maximum absolute atomic E-state index is 14.0. The third-order valence-electron chi connectivity index (χ3n) is 5.34. The average Bonchev–Trinajstić information content (AvgIpc) is 3.01. The summed E-state index contributed by atoms with van der Waals surface area (Å²) in [6.45, 7) is 6.20. The Bertz CT molecular complexity index is 850. The number of urea groups is 1. The van der Waals surface area contributed by atoms with Gasteiger partial charge in [0, 0.05) is 30.8 Å². The molecular formula is C24H31F2N3O2. The van der Waals surface area contributed by atoms with E-state index in [1.165, 1.54) is 12.1 Å². The molecule has 0 spiro atoms. The van der Waals surface area contributed by atoms with Crippen molar-refractivity contribution in [2.45, 2.75) is 58.3 Å². The summed E-state index contributed by atoms with van der Waals surface area (Å²) in [5.74, 6) is -0.503. The summed E-state index contributed by atoms with van der Waals surface area (Å²) >= 11 is 0. The molecule has 1 aliphatic heterocycles. The van der Waals surface area contributed by atoms with E-state index in [9.17, 15) is 13.6 Å². The van der Waals surface area contributed by atoms with Crippen LogP contribution < -0.4 is 15.4 Å². The Labute approximate surface area is 182 Å². The number of rotatable bonds is 7. The largest absolute Gasteiger partial charge is 0.491 e. The number of hydrogen-bond acceptors (Lipinski definition) is 3. The first-order valence-corrected chi connectivity index (χ1v) is 10.9. The fourth-order valence-corrected chi connectivity index (χ4v) is 3.76. The summed E-state index contributed by atoms with van der Waals surface area (Å²) in [4.78, 5) is 14.9. The molecular weight excluding hydrogens is 400 g/mol. The molecule has 1 saturated heterocycles. The van der Waals surface area contributed by atoms with Crippen LogP contribution in [0.15, 0.2) is 42.5 Å². The summed E-state index contributed by atoms with van der Waals surface area (Å²) in [6, 6.07) is 11.0. The van der Waals surface area contributed by atoms with Crippen LogP contribution >= 0.6 is 0 Å². The second-order valence-electron chi connectivity index (χ2n) is 8.17. The highest BCUT2D eigenvalue weighted by atomic mass is 19.1. The normalized spacial score (nSPS) is 16.6. The third-order valence-corrected chi connectivity index (χ3v) is 5.34. The van der Waals surface area contributed by atoms with Crippen molar-refractivity contribution in [3.63, 3.8) is 0 Å². The lowest BCUT2D eigenvalue weighted by atomic mass is 10.1. The molecule has 1 heterocycles. The van der Waals surface area contributed by atoms with Crippen molar-refractivity contribution < 1.29 is 18.3 Å². The van der Waals surface area contributed by atoms with E-state index >= 15 is 0 Å². The Hall–Kier alpha value is -2.67. The van der Waals surface area contributed by atoms with Gasteiger partial charge < -0.3 is 20.3 Å². The predicted molar refractivity (Wildman–Crippen MR) is 117 cm³/mol. The molecule has 1 atom stereocenters. The van der Waals surface area contributed by atoms with Crippen molar-refractivity contribution >= 4 is 6.03 Å². The van der Waals surface area contributed by atoms with E-state index in [1.54, 1.807) is 0 Å². The molecule has 2 amide bonds. The summed E-state index contributed by atoms with van der Waals surface area (Å²) in [5, 5.41) is 6.19. The topological polar surface area (TPSA) is 53.6 Å². The predicted octanol–water partition coefficient (Wildman–Crippen LogP) is 4.61. The van der Waals surface area contributed by atoms with Gasteiger partial charge in [-0.05, 0) is 70.0 Å². The maximum Gasteiger partial charge on any atom is 0.318 e. The number of hydrogen-bond donors (Lipinski definition) is 2. The Morgan fingerprint density at radius 1 is 1.16 bits per heavy atom. The van der Waals surface area contributed by atoms with Crippen LogP contribution in [0.3, 0.4) is 0 Å². The zero-order valence-corrected chi connectivity index (χ0v) is 18.2.